The van der Waals surface area contributed by atoms with Gasteiger partial charge in [-0.3, -0.25) is 14.6 Å². The molecule has 33 heavy (non-hydrogen) atoms. The van der Waals surface area contributed by atoms with Crippen LogP contribution in [0.4, 0.5) is 5.82 Å². The van der Waals surface area contributed by atoms with Gasteiger partial charge in [0.1, 0.15) is 11.6 Å². The molecule has 0 aromatic carbocycles. The van der Waals surface area contributed by atoms with Crippen LogP contribution in [0, 0.1) is 20.8 Å². The van der Waals surface area contributed by atoms with Gasteiger partial charge in [0.15, 0.2) is 17.4 Å². The predicted molar refractivity (Wildman–Crippen MR) is 125 cm³/mol. The van der Waals surface area contributed by atoms with E-state index in [2.05, 4.69) is 37.2 Å². The van der Waals surface area contributed by atoms with Crippen LogP contribution in [-0.4, -0.2) is 74.2 Å². The van der Waals surface area contributed by atoms with Crippen LogP contribution in [0.1, 0.15) is 36.4 Å². The zero-order valence-corrected chi connectivity index (χ0v) is 19.7. The maximum atomic E-state index is 13.0. The zero-order chi connectivity index (χ0) is 23.1. The van der Waals surface area contributed by atoms with Crippen molar-refractivity contribution in [2.45, 2.75) is 52.1 Å². The number of aromatic nitrogens is 4. The van der Waals surface area contributed by atoms with Crippen LogP contribution in [0.25, 0.3) is 17.4 Å². The highest BCUT2D eigenvalue weighted by Crippen LogP contribution is 2.28. The normalized spacial score (nSPS) is 21.3. The molecule has 5 rings (SSSR count). The van der Waals surface area contributed by atoms with Crippen LogP contribution < -0.4 is 5.32 Å². The van der Waals surface area contributed by atoms with E-state index in [-0.39, 0.29) is 5.91 Å². The number of amides is 1. The van der Waals surface area contributed by atoms with Crippen molar-refractivity contribution in [3.63, 3.8) is 0 Å². The second-order valence-corrected chi connectivity index (χ2v) is 9.31. The van der Waals surface area contributed by atoms with Crippen molar-refractivity contribution in [2.75, 3.05) is 32.0 Å². The monoisotopic (exact) mass is 449 g/mol. The first-order valence-electron chi connectivity index (χ1n) is 11.6. The number of likely N-dealkylation sites (N-methyl/N-ethyl adjacent to an activating group) is 1. The molecule has 2 aliphatic heterocycles. The SMILES string of the molecule is Cc1cc(C)n(-c2cc(NC(=O)CN3CCC4CCC(C3)N4C)nc(-c3ccc(C)o3)n2)n1. The third-order valence-corrected chi connectivity index (χ3v) is 6.77. The summed E-state index contributed by atoms with van der Waals surface area (Å²) in [7, 11) is 2.21. The molecule has 0 spiro atoms. The Morgan fingerprint density at radius 3 is 2.67 bits per heavy atom. The van der Waals surface area contributed by atoms with Crippen LogP contribution >= 0.6 is 0 Å². The fraction of sp³-hybridized carbons (Fsp3) is 0.500. The Balaban J connectivity index is 1.38. The largest absolute Gasteiger partial charge is 0.458 e. The van der Waals surface area contributed by atoms with E-state index < -0.39 is 0 Å². The predicted octanol–water partition coefficient (Wildman–Crippen LogP) is 2.95. The minimum Gasteiger partial charge on any atom is -0.458 e. The smallest absolute Gasteiger partial charge is 0.239 e. The van der Waals surface area contributed by atoms with Gasteiger partial charge in [-0.1, -0.05) is 0 Å². The molecule has 1 amide bonds. The average Bonchev–Trinajstić information content (AvgIpc) is 3.41. The van der Waals surface area contributed by atoms with Gasteiger partial charge in [0, 0.05) is 36.9 Å². The number of rotatable bonds is 5. The van der Waals surface area contributed by atoms with Crippen molar-refractivity contribution < 1.29 is 9.21 Å². The number of nitrogens with one attached hydrogen (secondary N) is 1. The summed E-state index contributed by atoms with van der Waals surface area (Å²) in [5.41, 5.74) is 1.85. The van der Waals surface area contributed by atoms with Crippen molar-refractivity contribution in [3.8, 4) is 17.4 Å². The molecule has 2 unspecified atom stereocenters. The van der Waals surface area contributed by atoms with Crippen molar-refractivity contribution in [1.29, 1.82) is 0 Å². The summed E-state index contributed by atoms with van der Waals surface area (Å²) in [6.45, 7) is 8.01. The lowest BCUT2D eigenvalue weighted by Gasteiger charge is -2.25. The highest BCUT2D eigenvalue weighted by Gasteiger charge is 2.35. The maximum absolute atomic E-state index is 13.0. The molecule has 2 saturated heterocycles. The Labute approximate surface area is 193 Å². The van der Waals surface area contributed by atoms with Gasteiger partial charge >= 0.3 is 0 Å². The Kier molecular flexibility index (Phi) is 5.76. The van der Waals surface area contributed by atoms with Gasteiger partial charge in [0.25, 0.3) is 0 Å². The number of hydrogen-bond donors (Lipinski definition) is 1. The van der Waals surface area contributed by atoms with Crippen molar-refractivity contribution in [3.05, 3.63) is 41.4 Å². The van der Waals surface area contributed by atoms with E-state index in [9.17, 15) is 4.79 Å². The second kappa shape index (κ2) is 8.72. The molecular formula is C24H31N7O2. The molecule has 9 nitrogen and oxygen atoms in total. The molecule has 2 fully saturated rings. The van der Waals surface area contributed by atoms with E-state index in [0.717, 1.165) is 36.7 Å². The average molecular weight is 450 g/mol. The number of nitrogens with zero attached hydrogens (tertiary/aromatic N) is 6. The Morgan fingerprint density at radius 1 is 1.12 bits per heavy atom. The van der Waals surface area contributed by atoms with Crippen LogP contribution in [0.2, 0.25) is 0 Å². The zero-order valence-electron chi connectivity index (χ0n) is 19.7. The van der Waals surface area contributed by atoms with Gasteiger partial charge in [0.2, 0.25) is 5.91 Å². The lowest BCUT2D eigenvalue weighted by molar-refractivity contribution is -0.117. The maximum Gasteiger partial charge on any atom is 0.239 e. The van der Waals surface area contributed by atoms with E-state index in [4.69, 9.17) is 4.42 Å². The van der Waals surface area contributed by atoms with Crippen molar-refractivity contribution in [2.24, 2.45) is 0 Å². The van der Waals surface area contributed by atoms with E-state index in [1.165, 1.54) is 12.8 Å². The van der Waals surface area contributed by atoms with Gasteiger partial charge in [-0.2, -0.15) is 5.10 Å². The summed E-state index contributed by atoms with van der Waals surface area (Å²) < 4.78 is 7.51. The summed E-state index contributed by atoms with van der Waals surface area (Å²) in [4.78, 5) is 27.0. The van der Waals surface area contributed by atoms with E-state index in [1.807, 2.05) is 39.0 Å². The standard InChI is InChI=1S/C24H31N7O2/c1-15-11-16(2)31(28-15)22-12-21(26-24(27-22)20-8-5-17(3)33-20)25-23(32)14-30-10-9-18-6-7-19(13-30)29(18)4/h5,8,11-12,18-19H,6-7,9-10,13-14H2,1-4H3,(H,25,26,27,32). The molecule has 0 aliphatic carbocycles. The molecule has 2 aliphatic rings. The van der Waals surface area contributed by atoms with Crippen LogP contribution in [0.15, 0.2) is 28.7 Å². The molecule has 1 N–H and O–H groups in total. The number of carbonyl (C=O) groups excluding carboxylic acids is 1. The molecule has 0 saturated carbocycles. The number of fused-ring (bicyclic) bond motifs is 2. The number of anilines is 1. The summed E-state index contributed by atoms with van der Waals surface area (Å²) in [5, 5.41) is 7.53. The Hall–Kier alpha value is -3.04. The first kappa shape index (κ1) is 21.8. The fourth-order valence-corrected chi connectivity index (χ4v) is 5.04. The molecule has 0 radical (unpaired) electrons. The summed E-state index contributed by atoms with van der Waals surface area (Å²) >= 11 is 0. The van der Waals surface area contributed by atoms with Crippen LogP contribution in [0.3, 0.4) is 0 Å². The first-order valence-corrected chi connectivity index (χ1v) is 11.6. The third-order valence-electron chi connectivity index (χ3n) is 6.77. The molecule has 2 atom stereocenters. The number of likely N-dealkylation sites (tertiary alicyclic amines) is 1. The van der Waals surface area contributed by atoms with Gasteiger partial charge in [0.05, 0.1) is 12.2 Å². The minimum absolute atomic E-state index is 0.0741. The van der Waals surface area contributed by atoms with Crippen molar-refractivity contribution >= 4 is 11.7 Å². The van der Waals surface area contributed by atoms with E-state index >= 15 is 0 Å². The van der Waals surface area contributed by atoms with Crippen molar-refractivity contribution in [1.82, 2.24) is 29.5 Å². The fourth-order valence-electron chi connectivity index (χ4n) is 5.04. The highest BCUT2D eigenvalue weighted by atomic mass is 16.3. The Morgan fingerprint density at radius 2 is 1.94 bits per heavy atom. The number of furan rings is 1. The topological polar surface area (TPSA) is 92.3 Å². The molecule has 2 bridgehead atoms. The summed E-state index contributed by atoms with van der Waals surface area (Å²) in [6.07, 6.45) is 3.59. The van der Waals surface area contributed by atoms with E-state index in [1.54, 1.807) is 10.7 Å². The van der Waals surface area contributed by atoms with Crippen LogP contribution in [0.5, 0.6) is 0 Å². The summed E-state index contributed by atoms with van der Waals surface area (Å²) in [5.74, 6) is 2.69. The molecule has 5 heterocycles. The summed E-state index contributed by atoms with van der Waals surface area (Å²) in [6, 6.07) is 8.64. The van der Waals surface area contributed by atoms with E-state index in [0.29, 0.717) is 41.8 Å². The lowest BCUT2D eigenvalue weighted by atomic mass is 10.1. The third kappa shape index (κ3) is 4.56. The number of hydrogen-bond acceptors (Lipinski definition) is 7. The lowest BCUT2D eigenvalue weighted by Crippen LogP contribution is -2.40. The first-order chi connectivity index (χ1) is 15.9. The highest BCUT2D eigenvalue weighted by molar-refractivity contribution is 5.91. The van der Waals surface area contributed by atoms with Crippen LogP contribution in [-0.2, 0) is 4.79 Å². The quantitative estimate of drug-likeness (QED) is 0.640. The van der Waals surface area contributed by atoms with Gasteiger partial charge in [-0.15, -0.1) is 0 Å². The number of aryl methyl sites for hydroxylation is 3. The molecule has 3 aromatic heterocycles. The molecule has 3 aromatic rings. The van der Waals surface area contributed by atoms with Gasteiger partial charge in [-0.05, 0) is 65.3 Å². The minimum atomic E-state index is -0.0741. The second-order valence-electron chi connectivity index (χ2n) is 9.31. The molecule has 9 heteroatoms. The Bertz CT molecular complexity index is 1170. The van der Waals surface area contributed by atoms with Gasteiger partial charge in [-0.25, -0.2) is 14.6 Å². The van der Waals surface area contributed by atoms with Gasteiger partial charge < -0.3 is 9.73 Å². The number of carbonyl (C=O) groups is 1. The molecular weight excluding hydrogens is 418 g/mol. The molecule has 174 valence electrons.